The molecule has 0 fully saturated rings. The van der Waals surface area contributed by atoms with E-state index < -0.39 is 0 Å². The number of hydrogen-bond donors (Lipinski definition) is 2. The summed E-state index contributed by atoms with van der Waals surface area (Å²) in [5.41, 5.74) is 1.10. The lowest BCUT2D eigenvalue weighted by atomic mass is 10.4. The van der Waals surface area contributed by atoms with Gasteiger partial charge in [0.2, 0.25) is 0 Å². The summed E-state index contributed by atoms with van der Waals surface area (Å²) < 4.78 is 0. The monoisotopic (exact) mass is 453 g/mol. The number of aryl methyl sites for hydroxylation is 2. The molecule has 5 nitrogen and oxygen atoms in total. The number of thiazole rings is 1. The van der Waals surface area contributed by atoms with E-state index in [1.54, 1.807) is 11.3 Å². The summed E-state index contributed by atoms with van der Waals surface area (Å²) >= 11 is 1.73. The zero-order chi connectivity index (χ0) is 16.4. The molecule has 0 radical (unpaired) electrons. The van der Waals surface area contributed by atoms with Crippen molar-refractivity contribution in [1.29, 1.82) is 0 Å². The number of nitrogens with one attached hydrogen (secondary N) is 2. The summed E-state index contributed by atoms with van der Waals surface area (Å²) in [4.78, 5) is 12.8. The highest BCUT2D eigenvalue weighted by atomic mass is 127. The van der Waals surface area contributed by atoms with Crippen molar-refractivity contribution in [1.82, 2.24) is 20.5 Å². The highest BCUT2D eigenvalue weighted by Crippen LogP contribution is 2.17. The van der Waals surface area contributed by atoms with Crippen LogP contribution in [0.5, 0.6) is 0 Å². The Morgan fingerprint density at radius 2 is 1.91 bits per heavy atom. The molecule has 0 bridgehead atoms. The van der Waals surface area contributed by atoms with E-state index in [0.717, 1.165) is 49.4 Å². The largest absolute Gasteiger partial charge is 0.357 e. The second-order valence-corrected chi connectivity index (χ2v) is 6.59. The molecule has 7 heteroatoms. The third-order valence-electron chi connectivity index (χ3n) is 3.43. The molecule has 0 atom stereocenters. The highest BCUT2D eigenvalue weighted by molar-refractivity contribution is 14.0. The Hall–Kier alpha value is -0.410. The molecular formula is C16H32IN5S. The zero-order valence-electron chi connectivity index (χ0n) is 15.1. The van der Waals surface area contributed by atoms with Gasteiger partial charge >= 0.3 is 0 Å². The van der Waals surface area contributed by atoms with E-state index in [9.17, 15) is 0 Å². The second-order valence-electron chi connectivity index (χ2n) is 5.30. The molecule has 0 saturated carbocycles. The predicted octanol–water partition coefficient (Wildman–Crippen LogP) is 3.16. The number of rotatable bonds is 9. The van der Waals surface area contributed by atoms with Crippen molar-refractivity contribution in [3.05, 3.63) is 15.6 Å². The molecule has 0 saturated heterocycles. The van der Waals surface area contributed by atoms with Crippen LogP contribution >= 0.6 is 35.3 Å². The molecule has 0 aliphatic rings. The van der Waals surface area contributed by atoms with Crippen molar-refractivity contribution in [2.45, 2.75) is 47.6 Å². The molecule has 0 aliphatic heterocycles. The Labute approximate surface area is 162 Å². The summed E-state index contributed by atoms with van der Waals surface area (Å²) in [6, 6.07) is 0. The number of halogens is 1. The van der Waals surface area contributed by atoms with Crippen molar-refractivity contribution in [3.8, 4) is 0 Å². The number of likely N-dealkylation sites (N-methyl/N-ethyl adjacent to an activating group) is 1. The van der Waals surface area contributed by atoms with Gasteiger partial charge in [0.1, 0.15) is 0 Å². The minimum atomic E-state index is 0. The van der Waals surface area contributed by atoms with Gasteiger partial charge in [-0.3, -0.25) is 0 Å². The van der Waals surface area contributed by atoms with E-state index in [1.165, 1.54) is 11.3 Å². The van der Waals surface area contributed by atoms with Crippen molar-refractivity contribution >= 4 is 41.3 Å². The molecule has 0 aromatic carbocycles. The Morgan fingerprint density at radius 1 is 1.17 bits per heavy atom. The molecule has 134 valence electrons. The van der Waals surface area contributed by atoms with E-state index in [2.05, 4.69) is 53.2 Å². The van der Waals surface area contributed by atoms with Crippen LogP contribution in [0.15, 0.2) is 4.99 Å². The van der Waals surface area contributed by atoms with Gasteiger partial charge in [0.15, 0.2) is 5.96 Å². The number of hydrogen-bond acceptors (Lipinski definition) is 4. The topological polar surface area (TPSA) is 52.5 Å². The molecule has 1 heterocycles. The Kier molecular flexibility index (Phi) is 12.7. The maximum absolute atomic E-state index is 4.67. The average molecular weight is 453 g/mol. The molecule has 0 unspecified atom stereocenters. The minimum Gasteiger partial charge on any atom is -0.357 e. The van der Waals surface area contributed by atoms with Crippen LogP contribution in [0.4, 0.5) is 0 Å². The van der Waals surface area contributed by atoms with Gasteiger partial charge < -0.3 is 15.5 Å². The van der Waals surface area contributed by atoms with Crippen LogP contribution in [-0.4, -0.2) is 48.6 Å². The number of nitrogens with zero attached hydrogens (tertiary/aromatic N) is 3. The van der Waals surface area contributed by atoms with Crippen molar-refractivity contribution < 1.29 is 0 Å². The van der Waals surface area contributed by atoms with E-state index >= 15 is 0 Å². The van der Waals surface area contributed by atoms with Crippen LogP contribution in [0.3, 0.4) is 0 Å². The van der Waals surface area contributed by atoms with Gasteiger partial charge in [0.05, 0.1) is 17.2 Å². The molecule has 1 aromatic heterocycles. The van der Waals surface area contributed by atoms with Gasteiger partial charge in [0, 0.05) is 24.5 Å². The molecule has 0 amide bonds. The first-order chi connectivity index (χ1) is 10.6. The Balaban J connectivity index is 0.00000484. The molecule has 0 spiro atoms. The lowest BCUT2D eigenvalue weighted by Crippen LogP contribution is -2.41. The summed E-state index contributed by atoms with van der Waals surface area (Å²) in [5.74, 6) is 0.889. The van der Waals surface area contributed by atoms with Crippen LogP contribution in [0.25, 0.3) is 0 Å². The highest BCUT2D eigenvalue weighted by Gasteiger charge is 2.05. The van der Waals surface area contributed by atoms with Crippen LogP contribution < -0.4 is 10.6 Å². The molecule has 23 heavy (non-hydrogen) atoms. The van der Waals surface area contributed by atoms with Crippen LogP contribution in [0.2, 0.25) is 0 Å². The van der Waals surface area contributed by atoms with Crippen molar-refractivity contribution in [3.63, 3.8) is 0 Å². The van der Waals surface area contributed by atoms with Crippen molar-refractivity contribution in [2.24, 2.45) is 4.99 Å². The van der Waals surface area contributed by atoms with Gasteiger partial charge in [-0.15, -0.1) is 35.3 Å². The quantitative estimate of drug-likeness (QED) is 0.343. The molecule has 2 N–H and O–H groups in total. The molecule has 0 aliphatic carbocycles. The van der Waals surface area contributed by atoms with Gasteiger partial charge in [-0.1, -0.05) is 13.8 Å². The van der Waals surface area contributed by atoms with Gasteiger partial charge in [-0.25, -0.2) is 9.98 Å². The standard InChI is InChI=1S/C16H31N5S.HI/c1-6-10-21(8-3)11-9-18-16(17-7-2)19-12-15-13(4)20-14(5)22-15;/h6-12H2,1-5H3,(H2,17,18,19);1H. The fourth-order valence-electron chi connectivity index (χ4n) is 2.29. The smallest absolute Gasteiger partial charge is 0.191 e. The molecule has 1 aromatic rings. The third-order valence-corrected chi connectivity index (χ3v) is 4.49. The Bertz CT molecular complexity index is 461. The van der Waals surface area contributed by atoms with Gasteiger partial charge in [0.25, 0.3) is 0 Å². The zero-order valence-corrected chi connectivity index (χ0v) is 18.3. The van der Waals surface area contributed by atoms with Gasteiger partial charge in [-0.2, -0.15) is 0 Å². The van der Waals surface area contributed by atoms with Crippen LogP contribution in [0, 0.1) is 13.8 Å². The molecule has 1 rings (SSSR count). The first kappa shape index (κ1) is 22.6. The summed E-state index contributed by atoms with van der Waals surface area (Å²) in [7, 11) is 0. The average Bonchev–Trinajstić information content (AvgIpc) is 2.81. The first-order valence-electron chi connectivity index (χ1n) is 8.28. The lowest BCUT2D eigenvalue weighted by molar-refractivity contribution is 0.293. The normalized spacial score (nSPS) is 11.5. The number of aliphatic imine (C=N–C) groups is 1. The molecular weight excluding hydrogens is 421 g/mol. The number of aromatic nitrogens is 1. The van der Waals surface area contributed by atoms with Crippen LogP contribution in [-0.2, 0) is 6.54 Å². The summed E-state index contributed by atoms with van der Waals surface area (Å²) in [6.07, 6.45) is 1.20. The van der Waals surface area contributed by atoms with Crippen molar-refractivity contribution in [2.75, 3.05) is 32.7 Å². The summed E-state index contributed by atoms with van der Waals surface area (Å²) in [5, 5.41) is 7.84. The summed E-state index contributed by atoms with van der Waals surface area (Å²) in [6.45, 7) is 16.4. The van der Waals surface area contributed by atoms with Crippen LogP contribution in [0.1, 0.15) is 42.8 Å². The predicted molar refractivity (Wildman–Crippen MR) is 112 cm³/mol. The minimum absolute atomic E-state index is 0. The number of guanidine groups is 1. The second kappa shape index (κ2) is 12.9. The lowest BCUT2D eigenvalue weighted by Gasteiger charge is -2.20. The SMILES string of the molecule is CCCN(CC)CCNC(=NCc1sc(C)nc1C)NCC.I. The maximum Gasteiger partial charge on any atom is 0.191 e. The fourth-order valence-corrected chi connectivity index (χ4v) is 3.15. The third kappa shape index (κ3) is 8.85. The maximum atomic E-state index is 4.67. The van der Waals surface area contributed by atoms with E-state index in [1.807, 2.05) is 6.92 Å². The van der Waals surface area contributed by atoms with Gasteiger partial charge in [-0.05, 0) is 40.3 Å². The van der Waals surface area contributed by atoms with E-state index in [-0.39, 0.29) is 24.0 Å². The Morgan fingerprint density at radius 3 is 2.43 bits per heavy atom. The first-order valence-corrected chi connectivity index (χ1v) is 9.09. The fraction of sp³-hybridized carbons (Fsp3) is 0.750. The van der Waals surface area contributed by atoms with E-state index in [4.69, 9.17) is 0 Å². The van der Waals surface area contributed by atoms with E-state index in [0.29, 0.717) is 6.54 Å².